The van der Waals surface area contributed by atoms with Gasteiger partial charge in [0.1, 0.15) is 5.82 Å². The number of H-pyrrole nitrogens is 2. The van der Waals surface area contributed by atoms with E-state index in [1.807, 2.05) is 6.20 Å². The first-order valence-corrected chi connectivity index (χ1v) is 8.97. The minimum atomic E-state index is -0.155. The Labute approximate surface area is 155 Å². The first-order valence-electron chi connectivity index (χ1n) is 8.59. The molecule has 132 valence electrons. The van der Waals surface area contributed by atoms with Gasteiger partial charge in [-0.2, -0.15) is 0 Å². The van der Waals surface area contributed by atoms with Crippen LogP contribution in [-0.4, -0.2) is 26.4 Å². The number of nitrogens with zero attached hydrogens (tertiary/aromatic N) is 2. The SMILES string of the molecule is CCN(Cc1ccc2[nH]ccc2c1)Cc1nc2ccc(Cl)cc2c(=O)[nH]1. The second-order valence-electron chi connectivity index (χ2n) is 6.38. The summed E-state index contributed by atoms with van der Waals surface area (Å²) in [6, 6.07) is 13.7. The fourth-order valence-electron chi connectivity index (χ4n) is 3.18. The molecule has 5 nitrogen and oxygen atoms in total. The molecule has 6 heteroatoms. The van der Waals surface area contributed by atoms with Crippen LogP contribution in [0.4, 0.5) is 0 Å². The Morgan fingerprint density at radius 1 is 1.12 bits per heavy atom. The molecule has 0 saturated carbocycles. The number of rotatable bonds is 5. The maximum Gasteiger partial charge on any atom is 0.258 e. The normalized spacial score (nSPS) is 11.7. The molecule has 2 heterocycles. The highest BCUT2D eigenvalue weighted by molar-refractivity contribution is 6.31. The summed E-state index contributed by atoms with van der Waals surface area (Å²) in [5.74, 6) is 0.661. The molecule has 26 heavy (non-hydrogen) atoms. The van der Waals surface area contributed by atoms with Crippen molar-refractivity contribution >= 4 is 33.4 Å². The number of hydrogen-bond acceptors (Lipinski definition) is 3. The number of nitrogens with one attached hydrogen (secondary N) is 2. The number of halogens is 1. The molecule has 4 rings (SSSR count). The Morgan fingerprint density at radius 2 is 2.00 bits per heavy atom. The smallest absolute Gasteiger partial charge is 0.258 e. The Hall–Kier alpha value is -2.63. The zero-order chi connectivity index (χ0) is 18.1. The van der Waals surface area contributed by atoms with E-state index in [9.17, 15) is 4.79 Å². The fourth-order valence-corrected chi connectivity index (χ4v) is 3.36. The molecule has 0 aliphatic heterocycles. The Kier molecular flexibility index (Phi) is 4.49. The van der Waals surface area contributed by atoms with Crippen molar-refractivity contribution in [2.24, 2.45) is 0 Å². The Bertz CT molecular complexity index is 1130. The summed E-state index contributed by atoms with van der Waals surface area (Å²) in [6.07, 6.45) is 1.95. The lowest BCUT2D eigenvalue weighted by Crippen LogP contribution is -2.25. The maximum absolute atomic E-state index is 12.3. The lowest BCUT2D eigenvalue weighted by atomic mass is 10.1. The van der Waals surface area contributed by atoms with Crippen molar-refractivity contribution in [1.82, 2.24) is 19.9 Å². The summed E-state index contributed by atoms with van der Waals surface area (Å²) in [7, 11) is 0. The van der Waals surface area contributed by atoms with Crippen LogP contribution < -0.4 is 5.56 Å². The van der Waals surface area contributed by atoms with Crippen LogP contribution in [0.15, 0.2) is 53.5 Å². The molecular weight excluding hydrogens is 348 g/mol. The minimum absolute atomic E-state index is 0.155. The molecule has 2 aromatic carbocycles. The van der Waals surface area contributed by atoms with Crippen LogP contribution in [0.3, 0.4) is 0 Å². The maximum atomic E-state index is 12.3. The number of hydrogen-bond donors (Lipinski definition) is 2. The third-order valence-electron chi connectivity index (χ3n) is 4.56. The zero-order valence-corrected chi connectivity index (χ0v) is 15.2. The van der Waals surface area contributed by atoms with Crippen LogP contribution in [0.25, 0.3) is 21.8 Å². The van der Waals surface area contributed by atoms with Gasteiger partial charge in [-0.25, -0.2) is 4.98 Å². The van der Waals surface area contributed by atoms with Gasteiger partial charge in [0.05, 0.1) is 17.4 Å². The second kappa shape index (κ2) is 6.94. The molecule has 0 bridgehead atoms. The van der Waals surface area contributed by atoms with Gasteiger partial charge in [-0.3, -0.25) is 9.69 Å². The largest absolute Gasteiger partial charge is 0.361 e. The fraction of sp³-hybridized carbons (Fsp3) is 0.200. The van der Waals surface area contributed by atoms with E-state index in [-0.39, 0.29) is 5.56 Å². The van der Waals surface area contributed by atoms with Crippen molar-refractivity contribution < 1.29 is 0 Å². The van der Waals surface area contributed by atoms with Crippen LogP contribution in [0.1, 0.15) is 18.3 Å². The van der Waals surface area contributed by atoms with Gasteiger partial charge in [0.25, 0.3) is 5.56 Å². The molecule has 0 atom stereocenters. The molecule has 0 aliphatic rings. The molecule has 0 amide bonds. The summed E-state index contributed by atoms with van der Waals surface area (Å²) < 4.78 is 0. The highest BCUT2D eigenvalue weighted by Crippen LogP contribution is 2.17. The number of aromatic nitrogens is 3. The van der Waals surface area contributed by atoms with E-state index >= 15 is 0 Å². The van der Waals surface area contributed by atoms with Crippen molar-refractivity contribution in [2.45, 2.75) is 20.0 Å². The average molecular weight is 367 g/mol. The number of aromatic amines is 2. The minimum Gasteiger partial charge on any atom is -0.361 e. The summed E-state index contributed by atoms with van der Waals surface area (Å²) in [5, 5.41) is 2.25. The summed E-state index contributed by atoms with van der Waals surface area (Å²) >= 11 is 5.97. The summed E-state index contributed by atoms with van der Waals surface area (Å²) in [5.41, 5.74) is 2.88. The van der Waals surface area contributed by atoms with Gasteiger partial charge < -0.3 is 9.97 Å². The molecule has 2 aromatic heterocycles. The topological polar surface area (TPSA) is 64.8 Å². The molecule has 4 aromatic rings. The molecule has 0 unspecified atom stereocenters. The highest BCUT2D eigenvalue weighted by Gasteiger charge is 2.10. The molecule has 0 radical (unpaired) electrons. The Balaban J connectivity index is 1.58. The third kappa shape index (κ3) is 3.36. The lowest BCUT2D eigenvalue weighted by molar-refractivity contribution is 0.264. The highest BCUT2D eigenvalue weighted by atomic mass is 35.5. The zero-order valence-electron chi connectivity index (χ0n) is 14.4. The monoisotopic (exact) mass is 366 g/mol. The van der Waals surface area contributed by atoms with Crippen LogP contribution in [0.5, 0.6) is 0 Å². The van der Waals surface area contributed by atoms with Gasteiger partial charge in [0.15, 0.2) is 0 Å². The molecular formula is C20H19ClN4O. The first-order chi connectivity index (χ1) is 12.6. The number of fused-ring (bicyclic) bond motifs is 2. The van der Waals surface area contributed by atoms with Crippen molar-refractivity contribution in [3.8, 4) is 0 Å². The van der Waals surface area contributed by atoms with E-state index in [0.717, 1.165) is 18.6 Å². The summed E-state index contributed by atoms with van der Waals surface area (Å²) in [4.78, 5) is 25.2. The standard InChI is InChI=1S/C20H19ClN4O/c1-2-25(11-13-3-5-17-14(9-13)7-8-22-17)12-19-23-18-6-4-15(21)10-16(18)20(26)24-19/h3-10,22H,2,11-12H2,1H3,(H,23,24,26). The molecule has 0 aliphatic carbocycles. The molecule has 0 spiro atoms. The first kappa shape index (κ1) is 16.8. The van der Waals surface area contributed by atoms with Gasteiger partial charge >= 0.3 is 0 Å². The van der Waals surface area contributed by atoms with Crippen LogP contribution in [0, 0.1) is 0 Å². The van der Waals surface area contributed by atoms with Gasteiger partial charge in [0.2, 0.25) is 0 Å². The van der Waals surface area contributed by atoms with E-state index in [0.29, 0.717) is 28.3 Å². The van der Waals surface area contributed by atoms with Crippen LogP contribution in [-0.2, 0) is 13.1 Å². The average Bonchev–Trinajstić information content (AvgIpc) is 3.09. The quantitative estimate of drug-likeness (QED) is 0.559. The van der Waals surface area contributed by atoms with E-state index in [1.165, 1.54) is 10.9 Å². The third-order valence-corrected chi connectivity index (χ3v) is 4.80. The van der Waals surface area contributed by atoms with Crippen molar-refractivity contribution in [1.29, 1.82) is 0 Å². The second-order valence-corrected chi connectivity index (χ2v) is 6.81. The predicted octanol–water partition coefficient (Wildman–Crippen LogP) is 4.08. The van der Waals surface area contributed by atoms with E-state index < -0.39 is 0 Å². The lowest BCUT2D eigenvalue weighted by Gasteiger charge is -2.20. The van der Waals surface area contributed by atoms with Gasteiger partial charge in [-0.05, 0) is 53.9 Å². The van der Waals surface area contributed by atoms with Crippen LogP contribution >= 0.6 is 11.6 Å². The van der Waals surface area contributed by atoms with Gasteiger partial charge in [0, 0.05) is 23.3 Å². The van der Waals surface area contributed by atoms with Crippen molar-refractivity contribution in [2.75, 3.05) is 6.54 Å². The van der Waals surface area contributed by atoms with Crippen molar-refractivity contribution in [3.63, 3.8) is 0 Å². The predicted molar refractivity (Wildman–Crippen MR) is 105 cm³/mol. The van der Waals surface area contributed by atoms with Crippen LogP contribution in [0.2, 0.25) is 5.02 Å². The molecule has 0 saturated heterocycles. The van der Waals surface area contributed by atoms with E-state index in [2.05, 4.69) is 51.0 Å². The van der Waals surface area contributed by atoms with E-state index in [4.69, 9.17) is 11.6 Å². The molecule has 0 fully saturated rings. The van der Waals surface area contributed by atoms with E-state index in [1.54, 1.807) is 18.2 Å². The van der Waals surface area contributed by atoms with Crippen molar-refractivity contribution in [3.05, 3.63) is 75.4 Å². The Morgan fingerprint density at radius 3 is 2.85 bits per heavy atom. The number of benzene rings is 2. The molecule has 2 N–H and O–H groups in total. The van der Waals surface area contributed by atoms with Gasteiger partial charge in [-0.15, -0.1) is 0 Å². The van der Waals surface area contributed by atoms with Gasteiger partial charge in [-0.1, -0.05) is 24.6 Å². The summed E-state index contributed by atoms with van der Waals surface area (Å²) in [6.45, 7) is 4.33.